The Kier molecular flexibility index (Phi) is 4.69. The number of hydrogen-bond acceptors (Lipinski definition) is 2. The summed E-state index contributed by atoms with van der Waals surface area (Å²) in [5.41, 5.74) is 0.203. The molecule has 11 heavy (non-hydrogen) atoms. The van der Waals surface area contributed by atoms with Gasteiger partial charge in [-0.3, -0.25) is 0 Å². The standard InChI is InChI=1S/C9H20O2/c1-4-9(2,3)7-8(11)5-6-10/h8,10-11H,4-7H2,1-3H3. The average Bonchev–Trinajstić information content (AvgIpc) is 1.87. The lowest BCUT2D eigenvalue weighted by Crippen LogP contribution is -2.20. The minimum Gasteiger partial charge on any atom is -0.396 e. The normalized spacial score (nSPS) is 15.0. The second-order valence-corrected chi connectivity index (χ2v) is 3.89. The van der Waals surface area contributed by atoms with E-state index < -0.39 is 0 Å². The van der Waals surface area contributed by atoms with Crippen molar-refractivity contribution in [3.05, 3.63) is 0 Å². The zero-order valence-corrected chi connectivity index (χ0v) is 7.80. The third-order valence-corrected chi connectivity index (χ3v) is 2.21. The van der Waals surface area contributed by atoms with Crippen LogP contribution in [-0.4, -0.2) is 22.9 Å². The van der Waals surface area contributed by atoms with Gasteiger partial charge in [-0.2, -0.15) is 0 Å². The van der Waals surface area contributed by atoms with Crippen molar-refractivity contribution in [3.8, 4) is 0 Å². The second-order valence-electron chi connectivity index (χ2n) is 3.89. The first-order valence-electron chi connectivity index (χ1n) is 4.31. The van der Waals surface area contributed by atoms with E-state index in [1.165, 1.54) is 0 Å². The second kappa shape index (κ2) is 4.73. The summed E-state index contributed by atoms with van der Waals surface area (Å²) < 4.78 is 0. The topological polar surface area (TPSA) is 40.5 Å². The summed E-state index contributed by atoms with van der Waals surface area (Å²) in [5.74, 6) is 0. The highest BCUT2D eigenvalue weighted by molar-refractivity contribution is 4.71. The molecule has 0 heterocycles. The molecule has 0 aliphatic heterocycles. The van der Waals surface area contributed by atoms with Gasteiger partial charge in [-0.05, 0) is 18.3 Å². The molecule has 0 saturated carbocycles. The number of aliphatic hydroxyl groups excluding tert-OH is 2. The van der Waals surface area contributed by atoms with Crippen molar-refractivity contribution < 1.29 is 10.2 Å². The summed E-state index contributed by atoms with van der Waals surface area (Å²) in [5, 5.41) is 17.9. The van der Waals surface area contributed by atoms with Crippen molar-refractivity contribution in [1.82, 2.24) is 0 Å². The van der Waals surface area contributed by atoms with Crippen molar-refractivity contribution in [2.75, 3.05) is 6.61 Å². The summed E-state index contributed by atoms with van der Waals surface area (Å²) >= 11 is 0. The zero-order chi connectivity index (χ0) is 8.91. The molecule has 2 heteroatoms. The summed E-state index contributed by atoms with van der Waals surface area (Å²) in [6.07, 6.45) is 2.01. The summed E-state index contributed by atoms with van der Waals surface area (Å²) in [7, 11) is 0. The lowest BCUT2D eigenvalue weighted by molar-refractivity contribution is 0.0853. The molecule has 0 saturated heterocycles. The van der Waals surface area contributed by atoms with Gasteiger partial charge in [0.15, 0.2) is 0 Å². The fourth-order valence-corrected chi connectivity index (χ4v) is 1.03. The molecule has 0 aromatic carbocycles. The first kappa shape index (κ1) is 10.9. The lowest BCUT2D eigenvalue weighted by Gasteiger charge is -2.25. The van der Waals surface area contributed by atoms with Gasteiger partial charge in [-0.25, -0.2) is 0 Å². The molecule has 0 fully saturated rings. The quantitative estimate of drug-likeness (QED) is 0.640. The monoisotopic (exact) mass is 160 g/mol. The fourth-order valence-electron chi connectivity index (χ4n) is 1.03. The molecule has 0 bridgehead atoms. The van der Waals surface area contributed by atoms with Gasteiger partial charge in [0, 0.05) is 6.61 Å². The molecule has 0 radical (unpaired) electrons. The molecule has 0 amide bonds. The van der Waals surface area contributed by atoms with Crippen LogP contribution in [0.15, 0.2) is 0 Å². The Hall–Kier alpha value is -0.0800. The van der Waals surface area contributed by atoms with Crippen LogP contribution in [0.25, 0.3) is 0 Å². The van der Waals surface area contributed by atoms with Crippen molar-refractivity contribution >= 4 is 0 Å². The Morgan fingerprint density at radius 3 is 2.27 bits per heavy atom. The van der Waals surface area contributed by atoms with Crippen LogP contribution in [0.4, 0.5) is 0 Å². The molecule has 0 spiro atoms. The van der Waals surface area contributed by atoms with E-state index in [0.717, 1.165) is 12.8 Å². The maximum absolute atomic E-state index is 9.36. The summed E-state index contributed by atoms with van der Waals surface area (Å²) in [6, 6.07) is 0. The van der Waals surface area contributed by atoms with Gasteiger partial charge in [0.1, 0.15) is 0 Å². The van der Waals surface area contributed by atoms with E-state index in [0.29, 0.717) is 6.42 Å². The minimum absolute atomic E-state index is 0.0843. The van der Waals surface area contributed by atoms with Crippen LogP contribution in [0, 0.1) is 5.41 Å². The molecule has 2 nitrogen and oxygen atoms in total. The SMILES string of the molecule is CCC(C)(C)CC(O)CCO. The van der Waals surface area contributed by atoms with Gasteiger partial charge in [0.05, 0.1) is 6.10 Å². The highest BCUT2D eigenvalue weighted by atomic mass is 16.3. The molecule has 1 atom stereocenters. The molecule has 0 aliphatic rings. The summed E-state index contributed by atoms with van der Waals surface area (Å²) in [4.78, 5) is 0. The Morgan fingerprint density at radius 2 is 1.91 bits per heavy atom. The van der Waals surface area contributed by atoms with E-state index in [-0.39, 0.29) is 18.1 Å². The van der Waals surface area contributed by atoms with Crippen molar-refractivity contribution in [1.29, 1.82) is 0 Å². The van der Waals surface area contributed by atoms with Gasteiger partial charge in [0.2, 0.25) is 0 Å². The van der Waals surface area contributed by atoms with E-state index in [1.807, 2.05) is 0 Å². The molecule has 2 N–H and O–H groups in total. The van der Waals surface area contributed by atoms with Crippen LogP contribution < -0.4 is 0 Å². The molecule has 0 aromatic heterocycles. The molecule has 0 aliphatic carbocycles. The third-order valence-electron chi connectivity index (χ3n) is 2.21. The van der Waals surface area contributed by atoms with Crippen molar-refractivity contribution in [2.45, 2.75) is 46.1 Å². The third kappa shape index (κ3) is 5.22. The molecule has 0 aromatic rings. The van der Waals surface area contributed by atoms with Crippen LogP contribution in [-0.2, 0) is 0 Å². The van der Waals surface area contributed by atoms with Gasteiger partial charge in [-0.15, -0.1) is 0 Å². The van der Waals surface area contributed by atoms with Crippen LogP contribution in [0.2, 0.25) is 0 Å². The first-order chi connectivity index (χ1) is 5.02. The largest absolute Gasteiger partial charge is 0.396 e. The van der Waals surface area contributed by atoms with E-state index in [9.17, 15) is 5.11 Å². The maximum atomic E-state index is 9.36. The van der Waals surface area contributed by atoms with E-state index in [4.69, 9.17) is 5.11 Å². The highest BCUT2D eigenvalue weighted by Gasteiger charge is 2.19. The number of hydrogen-bond donors (Lipinski definition) is 2. The van der Waals surface area contributed by atoms with Crippen molar-refractivity contribution in [2.24, 2.45) is 5.41 Å². The molecule has 0 rings (SSSR count). The Bertz CT molecular complexity index is 99.7. The zero-order valence-electron chi connectivity index (χ0n) is 7.80. The molecule has 68 valence electrons. The smallest absolute Gasteiger partial charge is 0.0567 e. The van der Waals surface area contributed by atoms with E-state index in [1.54, 1.807) is 0 Å². The first-order valence-corrected chi connectivity index (χ1v) is 4.31. The van der Waals surface area contributed by atoms with Gasteiger partial charge in [-0.1, -0.05) is 27.2 Å². The Labute approximate surface area is 69.2 Å². The summed E-state index contributed by atoms with van der Waals surface area (Å²) in [6.45, 7) is 6.47. The molecular weight excluding hydrogens is 140 g/mol. The minimum atomic E-state index is -0.338. The van der Waals surface area contributed by atoms with Crippen LogP contribution in [0.3, 0.4) is 0 Å². The highest BCUT2D eigenvalue weighted by Crippen LogP contribution is 2.26. The fraction of sp³-hybridized carbons (Fsp3) is 1.00. The average molecular weight is 160 g/mol. The van der Waals surface area contributed by atoms with Crippen LogP contribution in [0.5, 0.6) is 0 Å². The number of rotatable bonds is 5. The number of aliphatic hydroxyl groups is 2. The van der Waals surface area contributed by atoms with E-state index >= 15 is 0 Å². The van der Waals surface area contributed by atoms with E-state index in [2.05, 4.69) is 20.8 Å². The van der Waals surface area contributed by atoms with Gasteiger partial charge in [0.25, 0.3) is 0 Å². The molecule has 1 unspecified atom stereocenters. The predicted molar refractivity (Wildman–Crippen MR) is 46.4 cm³/mol. The maximum Gasteiger partial charge on any atom is 0.0567 e. The lowest BCUT2D eigenvalue weighted by atomic mass is 9.83. The van der Waals surface area contributed by atoms with Gasteiger partial charge >= 0.3 is 0 Å². The van der Waals surface area contributed by atoms with Gasteiger partial charge < -0.3 is 10.2 Å². The Balaban J connectivity index is 3.64. The molecular formula is C9H20O2. The Morgan fingerprint density at radius 1 is 1.36 bits per heavy atom. The van der Waals surface area contributed by atoms with Crippen LogP contribution >= 0.6 is 0 Å². The van der Waals surface area contributed by atoms with Crippen molar-refractivity contribution in [3.63, 3.8) is 0 Å². The predicted octanol–water partition coefficient (Wildman–Crippen LogP) is 1.56. The van der Waals surface area contributed by atoms with Crippen LogP contribution in [0.1, 0.15) is 40.0 Å².